The Morgan fingerprint density at radius 2 is 1.96 bits per heavy atom. The van der Waals surface area contributed by atoms with Crippen LogP contribution in [-0.2, 0) is 0 Å². The van der Waals surface area contributed by atoms with Gasteiger partial charge >= 0.3 is 0 Å². The van der Waals surface area contributed by atoms with Crippen LogP contribution in [0.25, 0.3) is 0 Å². The van der Waals surface area contributed by atoms with E-state index in [-0.39, 0.29) is 5.91 Å². The number of halogens is 1. The van der Waals surface area contributed by atoms with Gasteiger partial charge in [0.15, 0.2) is 0 Å². The number of aromatic nitrogens is 1. The Labute approximate surface area is 146 Å². The predicted octanol–water partition coefficient (Wildman–Crippen LogP) is 3.64. The van der Waals surface area contributed by atoms with E-state index in [1.54, 1.807) is 44.7 Å². The Hall–Kier alpha value is -2.47. The molecule has 1 aromatic carbocycles. The predicted molar refractivity (Wildman–Crippen MR) is 94.7 cm³/mol. The summed E-state index contributed by atoms with van der Waals surface area (Å²) in [6.45, 7) is 2.62. The number of hydrogen-bond donors (Lipinski definition) is 2. The monoisotopic (exact) mass is 349 g/mol. The Morgan fingerprint density at radius 1 is 1.21 bits per heavy atom. The van der Waals surface area contributed by atoms with E-state index in [0.29, 0.717) is 40.1 Å². The van der Waals surface area contributed by atoms with Gasteiger partial charge in [0.2, 0.25) is 0 Å². The molecule has 6 nitrogen and oxygen atoms in total. The highest BCUT2D eigenvalue weighted by Gasteiger charge is 2.11. The smallest absolute Gasteiger partial charge is 0.269 e. The minimum atomic E-state index is -0.186. The van der Waals surface area contributed by atoms with Gasteiger partial charge in [-0.05, 0) is 18.6 Å². The average Bonchev–Trinajstić information content (AvgIpc) is 2.61. The molecule has 2 rings (SSSR count). The Morgan fingerprint density at radius 3 is 2.54 bits per heavy atom. The molecule has 1 heterocycles. The van der Waals surface area contributed by atoms with Crippen LogP contribution in [0.4, 0.5) is 11.4 Å². The summed E-state index contributed by atoms with van der Waals surface area (Å²) in [5, 5.41) is 6.42. The van der Waals surface area contributed by atoms with E-state index in [0.717, 1.165) is 6.42 Å². The minimum absolute atomic E-state index is 0.186. The van der Waals surface area contributed by atoms with Crippen LogP contribution >= 0.6 is 11.6 Å². The van der Waals surface area contributed by atoms with Gasteiger partial charge in [-0.15, -0.1) is 0 Å². The van der Waals surface area contributed by atoms with Crippen molar-refractivity contribution < 1.29 is 14.3 Å². The molecule has 0 aliphatic rings. The number of hydrogen-bond acceptors (Lipinski definition) is 5. The lowest BCUT2D eigenvalue weighted by Gasteiger charge is -2.14. The van der Waals surface area contributed by atoms with Crippen molar-refractivity contribution in [2.45, 2.75) is 13.3 Å². The van der Waals surface area contributed by atoms with Crippen LogP contribution in [0.1, 0.15) is 23.8 Å². The summed E-state index contributed by atoms with van der Waals surface area (Å²) >= 11 is 6.09. The molecule has 2 aromatic rings. The van der Waals surface area contributed by atoms with Gasteiger partial charge in [-0.3, -0.25) is 4.79 Å². The first-order valence-corrected chi connectivity index (χ1v) is 7.89. The number of nitrogens with one attached hydrogen (secondary N) is 2. The number of carbonyl (C=O) groups is 1. The molecule has 0 spiro atoms. The Balaban J connectivity index is 2.18. The highest BCUT2D eigenvalue weighted by molar-refractivity contribution is 6.32. The number of nitrogens with zero attached hydrogens (tertiary/aromatic N) is 1. The summed E-state index contributed by atoms with van der Waals surface area (Å²) in [6, 6.07) is 6.84. The second-order valence-corrected chi connectivity index (χ2v) is 5.41. The number of amides is 1. The number of methoxy groups -OCH3 is 2. The zero-order valence-corrected chi connectivity index (χ0v) is 14.6. The molecule has 128 valence electrons. The highest BCUT2D eigenvalue weighted by Crippen LogP contribution is 2.37. The maximum Gasteiger partial charge on any atom is 0.269 e. The van der Waals surface area contributed by atoms with Gasteiger partial charge in [0.1, 0.15) is 17.2 Å². The molecule has 0 fully saturated rings. The van der Waals surface area contributed by atoms with Gasteiger partial charge in [0.25, 0.3) is 5.91 Å². The standard InChI is InChI=1S/C17H20ClN3O3/c1-4-7-19-17(22)13-6-5-11(10-20-13)21-14-9-15(23-2)12(18)8-16(14)24-3/h5-6,8-10,21H,4,7H2,1-3H3,(H,19,22). The summed E-state index contributed by atoms with van der Waals surface area (Å²) < 4.78 is 10.5. The third kappa shape index (κ3) is 4.29. The quantitative estimate of drug-likeness (QED) is 0.798. The molecular formula is C17H20ClN3O3. The molecule has 0 radical (unpaired) electrons. The summed E-state index contributed by atoms with van der Waals surface area (Å²) in [7, 11) is 3.10. The van der Waals surface area contributed by atoms with E-state index in [2.05, 4.69) is 15.6 Å². The van der Waals surface area contributed by atoms with E-state index in [4.69, 9.17) is 21.1 Å². The lowest BCUT2D eigenvalue weighted by atomic mass is 10.2. The molecule has 0 atom stereocenters. The molecule has 1 aromatic heterocycles. The van der Waals surface area contributed by atoms with E-state index >= 15 is 0 Å². The van der Waals surface area contributed by atoms with Crippen molar-refractivity contribution in [1.29, 1.82) is 0 Å². The van der Waals surface area contributed by atoms with E-state index < -0.39 is 0 Å². The lowest BCUT2D eigenvalue weighted by molar-refractivity contribution is 0.0949. The second-order valence-electron chi connectivity index (χ2n) is 5.00. The first-order valence-electron chi connectivity index (χ1n) is 7.51. The largest absolute Gasteiger partial charge is 0.495 e. The summed E-state index contributed by atoms with van der Waals surface area (Å²) in [5.41, 5.74) is 1.77. The van der Waals surface area contributed by atoms with Crippen LogP contribution in [0.5, 0.6) is 11.5 Å². The lowest BCUT2D eigenvalue weighted by Crippen LogP contribution is -2.24. The topological polar surface area (TPSA) is 72.5 Å². The van der Waals surface area contributed by atoms with E-state index in [9.17, 15) is 4.79 Å². The van der Waals surface area contributed by atoms with Crippen LogP contribution in [0.3, 0.4) is 0 Å². The molecule has 0 saturated carbocycles. The molecule has 7 heteroatoms. The summed E-state index contributed by atoms with van der Waals surface area (Å²) in [5.74, 6) is 0.920. The summed E-state index contributed by atoms with van der Waals surface area (Å²) in [4.78, 5) is 16.0. The number of carbonyl (C=O) groups excluding carboxylic acids is 1. The first-order chi connectivity index (χ1) is 11.6. The summed E-state index contributed by atoms with van der Waals surface area (Å²) in [6.07, 6.45) is 2.46. The molecule has 0 aliphatic carbocycles. The number of pyridine rings is 1. The van der Waals surface area contributed by atoms with Crippen molar-refractivity contribution in [2.24, 2.45) is 0 Å². The maximum atomic E-state index is 11.8. The first kappa shape index (κ1) is 17.9. The van der Waals surface area contributed by atoms with Crippen LogP contribution in [0.2, 0.25) is 5.02 Å². The number of rotatable bonds is 7. The van der Waals surface area contributed by atoms with Crippen molar-refractivity contribution in [2.75, 3.05) is 26.1 Å². The fourth-order valence-electron chi connectivity index (χ4n) is 2.04. The van der Waals surface area contributed by atoms with Crippen molar-refractivity contribution in [3.8, 4) is 11.5 Å². The van der Waals surface area contributed by atoms with Crippen molar-refractivity contribution >= 4 is 28.9 Å². The Bertz CT molecular complexity index is 705. The molecule has 0 bridgehead atoms. The Kier molecular flexibility index (Phi) is 6.26. The fraction of sp³-hybridized carbons (Fsp3) is 0.294. The number of benzene rings is 1. The van der Waals surface area contributed by atoms with Gasteiger partial charge in [-0.1, -0.05) is 18.5 Å². The molecular weight excluding hydrogens is 330 g/mol. The van der Waals surface area contributed by atoms with E-state index in [1.165, 1.54) is 0 Å². The van der Waals surface area contributed by atoms with Gasteiger partial charge in [-0.2, -0.15) is 0 Å². The highest BCUT2D eigenvalue weighted by atomic mass is 35.5. The van der Waals surface area contributed by atoms with Gasteiger partial charge in [0.05, 0.1) is 36.8 Å². The molecule has 0 aliphatic heterocycles. The third-order valence-electron chi connectivity index (χ3n) is 3.28. The van der Waals surface area contributed by atoms with Crippen molar-refractivity contribution in [3.63, 3.8) is 0 Å². The van der Waals surface area contributed by atoms with Crippen LogP contribution in [0.15, 0.2) is 30.5 Å². The molecule has 0 unspecified atom stereocenters. The van der Waals surface area contributed by atoms with Crippen LogP contribution in [-0.4, -0.2) is 31.7 Å². The van der Waals surface area contributed by atoms with Gasteiger partial charge < -0.3 is 20.1 Å². The van der Waals surface area contributed by atoms with Crippen LogP contribution < -0.4 is 20.1 Å². The van der Waals surface area contributed by atoms with Crippen LogP contribution in [0, 0.1) is 0 Å². The van der Waals surface area contributed by atoms with Crippen molar-refractivity contribution in [1.82, 2.24) is 10.3 Å². The minimum Gasteiger partial charge on any atom is -0.495 e. The number of anilines is 2. The second kappa shape index (κ2) is 8.40. The zero-order chi connectivity index (χ0) is 17.5. The molecule has 24 heavy (non-hydrogen) atoms. The normalized spacial score (nSPS) is 10.2. The SMILES string of the molecule is CCCNC(=O)c1ccc(Nc2cc(OC)c(Cl)cc2OC)cn1. The van der Waals surface area contributed by atoms with Gasteiger partial charge in [0, 0.05) is 18.7 Å². The third-order valence-corrected chi connectivity index (χ3v) is 3.58. The van der Waals surface area contributed by atoms with Gasteiger partial charge in [-0.25, -0.2) is 4.98 Å². The molecule has 1 amide bonds. The zero-order valence-electron chi connectivity index (χ0n) is 13.9. The fourth-order valence-corrected chi connectivity index (χ4v) is 2.28. The molecule has 0 saturated heterocycles. The average molecular weight is 350 g/mol. The maximum absolute atomic E-state index is 11.8. The van der Waals surface area contributed by atoms with Crippen molar-refractivity contribution in [3.05, 3.63) is 41.2 Å². The van der Waals surface area contributed by atoms with E-state index in [1.807, 2.05) is 6.92 Å². The number of ether oxygens (including phenoxy) is 2. The molecule has 2 N–H and O–H groups in total.